The van der Waals surface area contributed by atoms with Crippen LogP contribution in [-0.4, -0.2) is 50.0 Å². The number of hydrogen-bond donors (Lipinski definition) is 2. The summed E-state index contributed by atoms with van der Waals surface area (Å²) in [5.41, 5.74) is 1.72. The average Bonchev–Trinajstić information content (AvgIpc) is 2.85. The molecule has 1 aromatic carbocycles. The van der Waals surface area contributed by atoms with Crippen LogP contribution in [-0.2, 0) is 10.0 Å². The Labute approximate surface area is 160 Å². The molecule has 0 bridgehead atoms. The Morgan fingerprint density at radius 1 is 1.07 bits per heavy atom. The molecular weight excluding hydrogens is 366 g/mol. The largest absolute Gasteiger partial charge is 0.385 e. The third-order valence-corrected chi connectivity index (χ3v) is 7.39. The molecule has 1 heterocycles. The monoisotopic (exact) mass is 393 g/mol. The molecule has 1 saturated carbocycles. The summed E-state index contributed by atoms with van der Waals surface area (Å²) in [4.78, 5) is 25.1. The summed E-state index contributed by atoms with van der Waals surface area (Å²) in [6.45, 7) is 4.13. The van der Waals surface area contributed by atoms with Crippen LogP contribution in [0.5, 0.6) is 0 Å². The molecule has 2 N–H and O–H groups in total. The summed E-state index contributed by atoms with van der Waals surface area (Å²) < 4.78 is 26.8. The van der Waals surface area contributed by atoms with Crippen LogP contribution in [0.25, 0.3) is 0 Å². The van der Waals surface area contributed by atoms with Gasteiger partial charge in [0, 0.05) is 25.3 Å². The molecule has 1 aromatic rings. The van der Waals surface area contributed by atoms with Crippen molar-refractivity contribution in [1.82, 2.24) is 9.62 Å². The van der Waals surface area contributed by atoms with Crippen LogP contribution in [0.4, 0.5) is 5.69 Å². The zero-order chi connectivity index (χ0) is 19.8. The van der Waals surface area contributed by atoms with Crippen molar-refractivity contribution in [3.8, 4) is 0 Å². The van der Waals surface area contributed by atoms with Gasteiger partial charge in [-0.25, -0.2) is 13.1 Å². The summed E-state index contributed by atoms with van der Waals surface area (Å²) >= 11 is 0. The lowest BCUT2D eigenvalue weighted by molar-refractivity contribution is 0.0693. The van der Waals surface area contributed by atoms with Crippen LogP contribution >= 0.6 is 0 Å². The first-order chi connectivity index (χ1) is 12.7. The molecule has 1 aliphatic carbocycles. The zero-order valence-corrected chi connectivity index (χ0v) is 16.8. The minimum atomic E-state index is -3.22. The van der Waals surface area contributed by atoms with E-state index >= 15 is 0 Å². The predicted molar refractivity (Wildman–Crippen MR) is 104 cm³/mol. The number of rotatable bonds is 6. The van der Waals surface area contributed by atoms with Gasteiger partial charge in [0.1, 0.15) is 0 Å². The quantitative estimate of drug-likeness (QED) is 0.723. The van der Waals surface area contributed by atoms with Crippen molar-refractivity contribution in [1.29, 1.82) is 0 Å². The normalized spacial score (nSPS) is 23.0. The molecule has 0 aromatic heterocycles. The van der Waals surface area contributed by atoms with E-state index in [4.69, 9.17) is 0 Å². The van der Waals surface area contributed by atoms with Gasteiger partial charge >= 0.3 is 0 Å². The molecule has 2 amide bonds. The molecule has 0 saturated heterocycles. The van der Waals surface area contributed by atoms with Crippen molar-refractivity contribution in [3.63, 3.8) is 0 Å². The Morgan fingerprint density at radius 2 is 1.70 bits per heavy atom. The number of amides is 2. The first kappa shape index (κ1) is 19.8. The van der Waals surface area contributed by atoms with E-state index in [1.807, 2.05) is 6.07 Å². The van der Waals surface area contributed by atoms with Crippen LogP contribution in [0, 0.1) is 5.92 Å². The minimum Gasteiger partial charge on any atom is -0.385 e. The lowest BCUT2D eigenvalue weighted by atomic mass is 9.86. The smallest absolute Gasteiger partial charge is 0.261 e. The fourth-order valence-corrected chi connectivity index (χ4v) is 4.56. The summed E-state index contributed by atoms with van der Waals surface area (Å²) in [6, 6.07) is 5.28. The van der Waals surface area contributed by atoms with Crippen molar-refractivity contribution in [2.75, 3.05) is 18.9 Å². The van der Waals surface area contributed by atoms with Gasteiger partial charge in [-0.2, -0.15) is 0 Å². The molecule has 2 aliphatic rings. The van der Waals surface area contributed by atoms with Crippen LogP contribution in [0.2, 0.25) is 0 Å². The Bertz CT molecular complexity index is 843. The summed E-state index contributed by atoms with van der Waals surface area (Å²) in [5, 5.41) is 2.94. The number of hydrogen-bond acceptors (Lipinski definition) is 5. The standard InChI is InChI=1S/C19H27N3O4S/c1-12(2)27(25,26)21-14-6-4-13(5-7-14)11-20-15-8-9-16-17(10-15)19(24)22(3)18(16)23/h8-10,12-14,20-21H,4-7,11H2,1-3H3. The van der Waals surface area contributed by atoms with E-state index in [2.05, 4.69) is 10.0 Å². The highest BCUT2D eigenvalue weighted by Gasteiger charge is 2.32. The van der Waals surface area contributed by atoms with E-state index in [0.717, 1.165) is 42.8 Å². The van der Waals surface area contributed by atoms with E-state index in [1.54, 1.807) is 26.0 Å². The highest BCUT2D eigenvalue weighted by Crippen LogP contribution is 2.27. The predicted octanol–water partition coefficient (Wildman–Crippen LogP) is 2.21. The number of nitrogens with zero attached hydrogens (tertiary/aromatic N) is 1. The van der Waals surface area contributed by atoms with Gasteiger partial charge < -0.3 is 5.32 Å². The fourth-order valence-electron chi connectivity index (χ4n) is 3.59. The van der Waals surface area contributed by atoms with Gasteiger partial charge in [0.2, 0.25) is 10.0 Å². The lowest BCUT2D eigenvalue weighted by Gasteiger charge is -2.29. The van der Waals surface area contributed by atoms with Gasteiger partial charge in [0.15, 0.2) is 0 Å². The first-order valence-corrected chi connectivity index (χ1v) is 10.9. The van der Waals surface area contributed by atoms with Crippen molar-refractivity contribution in [2.24, 2.45) is 5.92 Å². The van der Waals surface area contributed by atoms with E-state index in [-0.39, 0.29) is 17.9 Å². The SMILES string of the molecule is CC(C)S(=O)(=O)NC1CCC(CNc2ccc3c(c2)C(=O)N(C)C3=O)CC1. The summed E-state index contributed by atoms with van der Waals surface area (Å²) in [7, 11) is -1.73. The van der Waals surface area contributed by atoms with Crippen LogP contribution < -0.4 is 10.0 Å². The number of imide groups is 1. The number of fused-ring (bicyclic) bond motifs is 1. The van der Waals surface area contributed by atoms with Gasteiger partial charge in [-0.1, -0.05) is 0 Å². The Morgan fingerprint density at radius 3 is 2.33 bits per heavy atom. The van der Waals surface area contributed by atoms with E-state index < -0.39 is 15.3 Å². The second kappa shape index (κ2) is 7.59. The van der Waals surface area contributed by atoms with Crippen molar-refractivity contribution >= 4 is 27.5 Å². The highest BCUT2D eigenvalue weighted by atomic mass is 32.2. The van der Waals surface area contributed by atoms with Gasteiger partial charge in [-0.05, 0) is 63.6 Å². The minimum absolute atomic E-state index is 0.0211. The van der Waals surface area contributed by atoms with Crippen molar-refractivity contribution < 1.29 is 18.0 Å². The number of anilines is 1. The Kier molecular flexibility index (Phi) is 5.58. The van der Waals surface area contributed by atoms with Crippen LogP contribution in [0.3, 0.4) is 0 Å². The topological polar surface area (TPSA) is 95.6 Å². The molecule has 8 heteroatoms. The molecule has 3 rings (SSSR count). The fraction of sp³-hybridized carbons (Fsp3) is 0.579. The lowest BCUT2D eigenvalue weighted by Crippen LogP contribution is -2.41. The number of nitrogens with one attached hydrogen (secondary N) is 2. The average molecular weight is 394 g/mol. The van der Waals surface area contributed by atoms with Gasteiger partial charge in [0.25, 0.3) is 11.8 Å². The van der Waals surface area contributed by atoms with Crippen molar-refractivity contribution in [2.45, 2.75) is 50.8 Å². The van der Waals surface area contributed by atoms with E-state index in [1.165, 1.54) is 7.05 Å². The maximum Gasteiger partial charge on any atom is 0.261 e. The molecule has 0 unspecified atom stereocenters. The Balaban J connectivity index is 1.52. The zero-order valence-electron chi connectivity index (χ0n) is 16.0. The number of benzene rings is 1. The molecule has 0 atom stereocenters. The number of carbonyl (C=O) groups excluding carboxylic acids is 2. The molecular formula is C19H27N3O4S. The van der Waals surface area contributed by atoms with Gasteiger partial charge in [-0.15, -0.1) is 0 Å². The highest BCUT2D eigenvalue weighted by molar-refractivity contribution is 7.90. The molecule has 0 radical (unpaired) electrons. The second-order valence-corrected chi connectivity index (χ2v) is 10.0. The molecule has 148 valence electrons. The maximum atomic E-state index is 12.1. The first-order valence-electron chi connectivity index (χ1n) is 9.40. The third-order valence-electron chi connectivity index (χ3n) is 5.48. The molecule has 27 heavy (non-hydrogen) atoms. The van der Waals surface area contributed by atoms with E-state index in [0.29, 0.717) is 17.0 Å². The van der Waals surface area contributed by atoms with Gasteiger partial charge in [0.05, 0.1) is 16.4 Å². The number of carbonyl (C=O) groups is 2. The van der Waals surface area contributed by atoms with Crippen molar-refractivity contribution in [3.05, 3.63) is 29.3 Å². The second-order valence-electron chi connectivity index (χ2n) is 7.74. The van der Waals surface area contributed by atoms with Gasteiger partial charge in [-0.3, -0.25) is 14.5 Å². The molecule has 1 aliphatic heterocycles. The van der Waals surface area contributed by atoms with Crippen LogP contribution in [0.15, 0.2) is 18.2 Å². The van der Waals surface area contributed by atoms with Crippen LogP contribution in [0.1, 0.15) is 60.2 Å². The summed E-state index contributed by atoms with van der Waals surface area (Å²) in [6.07, 6.45) is 3.56. The maximum absolute atomic E-state index is 12.1. The Hall–Kier alpha value is -1.93. The molecule has 0 spiro atoms. The number of sulfonamides is 1. The van der Waals surface area contributed by atoms with E-state index in [9.17, 15) is 18.0 Å². The third kappa shape index (κ3) is 4.16. The summed E-state index contributed by atoms with van der Waals surface area (Å²) in [5.74, 6) is -0.0709. The molecule has 7 nitrogen and oxygen atoms in total. The molecule has 1 fully saturated rings.